The molecule has 0 bridgehead atoms. The molecule has 0 amide bonds. The van der Waals surface area contributed by atoms with Crippen molar-refractivity contribution in [1.82, 2.24) is 15.1 Å². The molecular weight excluding hydrogens is 290 g/mol. The molecule has 0 atom stereocenters. The van der Waals surface area contributed by atoms with Crippen molar-refractivity contribution in [3.05, 3.63) is 65.5 Å². The van der Waals surface area contributed by atoms with Gasteiger partial charge in [0.1, 0.15) is 11.5 Å². The van der Waals surface area contributed by atoms with Crippen molar-refractivity contribution in [1.29, 1.82) is 0 Å². The number of furan rings is 1. The number of aromatic amines is 1. The molecule has 5 nitrogen and oxygen atoms in total. The number of nitrogens with one attached hydrogen (secondary N) is 1. The summed E-state index contributed by atoms with van der Waals surface area (Å²) in [6.45, 7) is 4.13. The Kier molecular flexibility index (Phi) is 4.90. The van der Waals surface area contributed by atoms with Crippen LogP contribution in [0.15, 0.2) is 53.1 Å². The molecule has 2 heterocycles. The van der Waals surface area contributed by atoms with E-state index >= 15 is 0 Å². The number of aryl methyl sites for hydroxylation is 1. The summed E-state index contributed by atoms with van der Waals surface area (Å²) in [7, 11) is 0. The van der Waals surface area contributed by atoms with Gasteiger partial charge in [-0.1, -0.05) is 30.3 Å². The van der Waals surface area contributed by atoms with Gasteiger partial charge in [0, 0.05) is 25.2 Å². The zero-order valence-corrected chi connectivity index (χ0v) is 13.2. The van der Waals surface area contributed by atoms with E-state index in [9.17, 15) is 5.11 Å². The smallest absolute Gasteiger partial charge is 0.152 e. The van der Waals surface area contributed by atoms with Crippen LogP contribution in [0.2, 0.25) is 0 Å². The van der Waals surface area contributed by atoms with E-state index in [0.29, 0.717) is 13.1 Å². The molecule has 0 spiro atoms. The lowest BCUT2D eigenvalue weighted by Gasteiger charge is -2.21. The largest absolute Gasteiger partial charge is 0.460 e. The Balaban J connectivity index is 1.77. The molecule has 3 rings (SSSR count). The lowest BCUT2D eigenvalue weighted by Crippen LogP contribution is -2.26. The molecule has 5 heteroatoms. The Hall–Kier alpha value is -2.37. The van der Waals surface area contributed by atoms with E-state index in [0.717, 1.165) is 29.3 Å². The van der Waals surface area contributed by atoms with Crippen molar-refractivity contribution >= 4 is 0 Å². The van der Waals surface area contributed by atoms with Crippen LogP contribution in [0.25, 0.3) is 11.5 Å². The maximum atomic E-state index is 9.35. The molecule has 0 saturated heterocycles. The molecule has 0 fully saturated rings. The molecule has 0 radical (unpaired) electrons. The summed E-state index contributed by atoms with van der Waals surface area (Å²) >= 11 is 0. The fourth-order valence-electron chi connectivity index (χ4n) is 2.65. The standard InChI is InChI=1S/C18H21N3O2/c1-14-7-8-17(23-14)18-16(11-19-20-18)13-21(9-10-22)12-15-5-3-2-4-6-15/h2-8,11,22H,9-10,12-13H2,1H3,(H,19,20). The number of aliphatic hydroxyl groups excluding tert-OH is 1. The average Bonchev–Trinajstić information content (AvgIpc) is 3.17. The third-order valence-electron chi connectivity index (χ3n) is 3.76. The first kappa shape index (κ1) is 15.5. The fourth-order valence-corrected chi connectivity index (χ4v) is 2.65. The Bertz CT molecular complexity index is 734. The molecule has 120 valence electrons. The number of aromatic nitrogens is 2. The second-order valence-electron chi connectivity index (χ2n) is 5.60. The highest BCUT2D eigenvalue weighted by molar-refractivity contribution is 5.56. The van der Waals surface area contributed by atoms with Crippen molar-refractivity contribution in [2.45, 2.75) is 20.0 Å². The number of hydrogen-bond acceptors (Lipinski definition) is 4. The van der Waals surface area contributed by atoms with Gasteiger partial charge in [0.2, 0.25) is 0 Å². The minimum absolute atomic E-state index is 0.125. The van der Waals surface area contributed by atoms with E-state index in [1.54, 1.807) is 0 Å². The van der Waals surface area contributed by atoms with Gasteiger partial charge in [0.15, 0.2) is 5.76 Å². The Morgan fingerprint density at radius 3 is 2.65 bits per heavy atom. The molecule has 2 N–H and O–H groups in total. The van der Waals surface area contributed by atoms with E-state index in [4.69, 9.17) is 4.42 Å². The van der Waals surface area contributed by atoms with Crippen molar-refractivity contribution in [2.24, 2.45) is 0 Å². The minimum Gasteiger partial charge on any atom is -0.460 e. The predicted molar refractivity (Wildman–Crippen MR) is 88.7 cm³/mol. The number of aliphatic hydroxyl groups is 1. The van der Waals surface area contributed by atoms with Gasteiger partial charge in [-0.2, -0.15) is 5.10 Å². The normalized spacial score (nSPS) is 11.3. The van der Waals surface area contributed by atoms with E-state index in [1.165, 1.54) is 5.56 Å². The Labute approximate surface area is 135 Å². The van der Waals surface area contributed by atoms with E-state index in [1.807, 2.05) is 43.5 Å². The molecule has 0 unspecified atom stereocenters. The van der Waals surface area contributed by atoms with Crippen LogP contribution in [-0.2, 0) is 13.1 Å². The maximum absolute atomic E-state index is 9.35. The first-order valence-electron chi connectivity index (χ1n) is 7.72. The highest BCUT2D eigenvalue weighted by Gasteiger charge is 2.15. The van der Waals surface area contributed by atoms with E-state index < -0.39 is 0 Å². The third kappa shape index (κ3) is 3.88. The van der Waals surface area contributed by atoms with Gasteiger partial charge in [-0.3, -0.25) is 10.00 Å². The molecule has 0 aliphatic heterocycles. The van der Waals surface area contributed by atoms with Gasteiger partial charge in [0.25, 0.3) is 0 Å². The van der Waals surface area contributed by atoms with Crippen LogP contribution < -0.4 is 0 Å². The van der Waals surface area contributed by atoms with Gasteiger partial charge in [-0.05, 0) is 24.6 Å². The summed E-state index contributed by atoms with van der Waals surface area (Å²) in [5, 5.41) is 16.5. The first-order chi connectivity index (χ1) is 11.3. The number of nitrogens with zero attached hydrogens (tertiary/aromatic N) is 2. The Morgan fingerprint density at radius 2 is 1.96 bits per heavy atom. The van der Waals surface area contributed by atoms with Crippen molar-refractivity contribution in [3.8, 4) is 11.5 Å². The monoisotopic (exact) mass is 311 g/mol. The van der Waals surface area contributed by atoms with E-state index in [-0.39, 0.29) is 6.61 Å². The molecule has 2 aromatic heterocycles. The van der Waals surface area contributed by atoms with Crippen molar-refractivity contribution in [3.63, 3.8) is 0 Å². The Morgan fingerprint density at radius 1 is 1.13 bits per heavy atom. The highest BCUT2D eigenvalue weighted by Crippen LogP contribution is 2.24. The second-order valence-corrected chi connectivity index (χ2v) is 5.60. The van der Waals surface area contributed by atoms with Crippen LogP contribution in [0.3, 0.4) is 0 Å². The molecule has 23 heavy (non-hydrogen) atoms. The van der Waals surface area contributed by atoms with Gasteiger partial charge in [-0.25, -0.2) is 0 Å². The number of hydrogen-bond donors (Lipinski definition) is 2. The van der Waals surface area contributed by atoms with E-state index in [2.05, 4.69) is 27.2 Å². The quantitative estimate of drug-likeness (QED) is 0.704. The topological polar surface area (TPSA) is 65.3 Å². The third-order valence-corrected chi connectivity index (χ3v) is 3.76. The zero-order valence-electron chi connectivity index (χ0n) is 13.2. The molecule has 0 aliphatic rings. The highest BCUT2D eigenvalue weighted by atomic mass is 16.3. The van der Waals surface area contributed by atoms with Gasteiger partial charge >= 0.3 is 0 Å². The van der Waals surface area contributed by atoms with Crippen LogP contribution in [0.5, 0.6) is 0 Å². The van der Waals surface area contributed by atoms with Crippen molar-refractivity contribution in [2.75, 3.05) is 13.2 Å². The molecule has 1 aromatic carbocycles. The zero-order chi connectivity index (χ0) is 16.1. The SMILES string of the molecule is Cc1ccc(-c2[nH]ncc2CN(CCO)Cc2ccccc2)o1. The van der Waals surface area contributed by atoms with Crippen LogP contribution >= 0.6 is 0 Å². The summed E-state index contributed by atoms with van der Waals surface area (Å²) < 4.78 is 5.69. The number of rotatable bonds is 7. The molecule has 0 saturated carbocycles. The second kappa shape index (κ2) is 7.26. The predicted octanol–water partition coefficient (Wildman–Crippen LogP) is 2.97. The van der Waals surface area contributed by atoms with Crippen molar-refractivity contribution < 1.29 is 9.52 Å². The lowest BCUT2D eigenvalue weighted by atomic mass is 10.1. The lowest BCUT2D eigenvalue weighted by molar-refractivity contribution is 0.184. The molecular formula is C18H21N3O2. The summed E-state index contributed by atoms with van der Waals surface area (Å²) in [5.41, 5.74) is 3.18. The van der Waals surface area contributed by atoms with Crippen LogP contribution in [0, 0.1) is 6.92 Å². The maximum Gasteiger partial charge on any atom is 0.152 e. The molecule has 3 aromatic rings. The molecule has 0 aliphatic carbocycles. The first-order valence-corrected chi connectivity index (χ1v) is 7.72. The number of benzene rings is 1. The average molecular weight is 311 g/mol. The van der Waals surface area contributed by atoms with Crippen LogP contribution in [0.1, 0.15) is 16.9 Å². The fraction of sp³-hybridized carbons (Fsp3) is 0.278. The summed E-state index contributed by atoms with van der Waals surface area (Å²) in [6, 6.07) is 14.1. The number of H-pyrrole nitrogens is 1. The minimum atomic E-state index is 0.125. The summed E-state index contributed by atoms with van der Waals surface area (Å²) in [6.07, 6.45) is 1.82. The summed E-state index contributed by atoms with van der Waals surface area (Å²) in [5.74, 6) is 1.66. The van der Waals surface area contributed by atoms with Gasteiger partial charge in [-0.15, -0.1) is 0 Å². The van der Waals surface area contributed by atoms with Gasteiger partial charge < -0.3 is 9.52 Å². The van der Waals surface area contributed by atoms with Gasteiger partial charge in [0.05, 0.1) is 12.8 Å². The summed E-state index contributed by atoms with van der Waals surface area (Å²) in [4.78, 5) is 2.19. The van der Waals surface area contributed by atoms with Crippen LogP contribution in [0.4, 0.5) is 0 Å². The van der Waals surface area contributed by atoms with Crippen LogP contribution in [-0.4, -0.2) is 33.4 Å².